The van der Waals surface area contributed by atoms with Crippen LogP contribution in [0, 0.1) is 77.1 Å². The number of rotatable bonds is 12. The van der Waals surface area contributed by atoms with Gasteiger partial charge in [0.05, 0.1) is 92.0 Å². The van der Waals surface area contributed by atoms with E-state index in [2.05, 4.69) is 161 Å². The second kappa shape index (κ2) is 39.1. The zero-order valence-electron chi connectivity index (χ0n) is 81.1. The summed E-state index contributed by atoms with van der Waals surface area (Å²) in [5.74, 6) is 18.1. The van der Waals surface area contributed by atoms with E-state index >= 15 is 0 Å². The maximum absolute atomic E-state index is 12.2. The van der Waals surface area contributed by atoms with Crippen LogP contribution in [0.1, 0.15) is 117 Å². The van der Waals surface area contributed by atoms with Crippen molar-refractivity contribution in [3.63, 3.8) is 0 Å². The first-order chi connectivity index (χ1) is 70.8. The summed E-state index contributed by atoms with van der Waals surface area (Å²) < 4.78 is 6.94. The summed E-state index contributed by atoms with van der Waals surface area (Å²) in [6.07, 6.45) is 43.5. The Balaban J connectivity index is 0.000000114. The van der Waals surface area contributed by atoms with Crippen LogP contribution >= 0.6 is 0 Å². The van der Waals surface area contributed by atoms with Crippen molar-refractivity contribution in [3.05, 3.63) is 190 Å². The SMILES string of the molecule is C#C[C@@H]1CCNc2c1ncc(-c1cc3cc(Nc4cc5n(n4)CC(=O)N(C)CC5)ncc3c(N)n1)c2C.C#C[C@@H]1CCNc2c1ncc(-c1cc3cc(Nc4cc5n(n4)CC(=O)NCC5)ncc3c(N)n1)c2C.C#C[C@H]1CCNc2c1ncc(-c1cc3cc(Nc4cc5n(n4)CC(=O)N(C)CC5)ncc3c(N)n1)c2C.C#C[C@H]1CCNc2c1ncc(-c1cc3cc(Nc4cc5n(n4)CC(=O)NCC5)ncc3c(N)n1)c2C. The summed E-state index contributed by atoms with van der Waals surface area (Å²) >= 11 is 0. The number of amides is 4. The number of hydrogen-bond donors (Lipinski definition) is 14. The minimum Gasteiger partial charge on any atom is -0.383 e. The number of hydrogen-bond acceptors (Lipinski definition) is 32. The molecule has 0 aromatic carbocycles. The molecule has 146 heavy (non-hydrogen) atoms. The quantitative estimate of drug-likeness (QED) is 0.0505. The molecule has 0 aliphatic carbocycles. The predicted molar refractivity (Wildman–Crippen MR) is 565 cm³/mol. The predicted octanol–water partition coefficient (Wildman–Crippen LogP) is 11.6. The number of nitrogens with two attached hydrogens (primary N) is 4. The number of nitrogen functional groups attached to an aromatic ring is 4. The summed E-state index contributed by atoms with van der Waals surface area (Å²) in [5, 5.41) is 57.4. The molecule has 4 amide bonds. The number of pyridine rings is 12. The van der Waals surface area contributed by atoms with Crippen LogP contribution in [0.3, 0.4) is 0 Å². The third-order valence-electron chi connectivity index (χ3n) is 27.9. The van der Waals surface area contributed by atoms with Gasteiger partial charge in [0.2, 0.25) is 23.6 Å². The molecule has 8 aliphatic heterocycles. The van der Waals surface area contributed by atoms with Gasteiger partial charge in [0.1, 0.15) is 72.7 Å². The Kier molecular flexibility index (Phi) is 25.1. The van der Waals surface area contributed by atoms with Crippen LogP contribution in [0.25, 0.3) is 88.1 Å². The molecule has 8 aliphatic rings. The standard InChI is InChI=1S/2C27H27N9O.2C26H25N9O/c2*1-4-16-5-7-29-25-15(2)19(12-31-26(16)25)21-9-17-10-22(30-13-20(17)27(28)32-21)33-23-11-18-6-8-35(3)24(37)14-36(18)34-23;2*1-3-15-4-6-29-24-14(2)18(11-31-25(15)24)20-8-16-9-21(30-12-19(16)26(27)32-20)33-22-10-17-5-7-28-23(36)13-35(17)34-22/h2*1,9-13,16,29H,5-8,14H2,2-3H3,(H2,28,32)(H,30,33,34);2*1,8-12,15,29H,4-7,13H2,2H3,(H2,27,32)(H,28,36)(H,30,33,34)/t2*16-;2*15-/m1010/s1. The topological polar surface area (TPSA) is 525 Å². The van der Waals surface area contributed by atoms with Crippen molar-refractivity contribution < 1.29 is 19.2 Å². The lowest BCUT2D eigenvalue weighted by Crippen LogP contribution is -2.29. The number of anilines is 16. The largest absolute Gasteiger partial charge is 0.383 e. The molecule has 0 bridgehead atoms. The lowest BCUT2D eigenvalue weighted by molar-refractivity contribution is -0.131. The molecule has 732 valence electrons. The first kappa shape index (κ1) is 93.7. The number of nitrogens with one attached hydrogen (secondary N) is 10. The van der Waals surface area contributed by atoms with Crippen molar-refractivity contribution in [1.29, 1.82) is 0 Å². The van der Waals surface area contributed by atoms with Gasteiger partial charge in [-0.3, -0.25) is 57.8 Å². The molecule has 4 atom stereocenters. The molecule has 0 unspecified atom stereocenters. The highest BCUT2D eigenvalue weighted by Gasteiger charge is 2.32. The van der Waals surface area contributed by atoms with Gasteiger partial charge in [-0.05, 0) is 146 Å². The second-order valence-corrected chi connectivity index (χ2v) is 37.2. The van der Waals surface area contributed by atoms with Crippen LogP contribution in [-0.2, 0) is 71.0 Å². The van der Waals surface area contributed by atoms with E-state index in [-0.39, 0.29) is 73.5 Å². The Hall–Kier alpha value is -18.6. The van der Waals surface area contributed by atoms with E-state index < -0.39 is 0 Å². The van der Waals surface area contributed by atoms with Gasteiger partial charge in [-0.1, -0.05) is 23.7 Å². The molecule has 0 saturated heterocycles. The van der Waals surface area contributed by atoms with E-state index in [0.717, 1.165) is 256 Å². The number of fused-ring (bicyclic) bond motifs is 12. The number of carbonyl (C=O) groups excluding carboxylic acids is 4. The summed E-state index contributed by atoms with van der Waals surface area (Å²) in [6, 6.07) is 23.5. The van der Waals surface area contributed by atoms with Crippen LogP contribution in [-0.4, -0.2) is 199 Å². The van der Waals surface area contributed by atoms with E-state index in [1.54, 1.807) is 53.3 Å². The van der Waals surface area contributed by atoms with Crippen molar-refractivity contribution in [2.75, 3.05) is 132 Å². The highest BCUT2D eigenvalue weighted by Crippen LogP contribution is 2.45. The maximum Gasteiger partial charge on any atom is 0.244 e. The van der Waals surface area contributed by atoms with Crippen molar-refractivity contribution in [3.8, 4) is 94.4 Å². The van der Waals surface area contributed by atoms with Gasteiger partial charge < -0.3 is 85.9 Å². The zero-order chi connectivity index (χ0) is 101. The highest BCUT2D eigenvalue weighted by atomic mass is 16.2. The number of carbonyl (C=O) groups is 4. The third-order valence-corrected chi connectivity index (χ3v) is 27.9. The molecule has 16 aromatic heterocycles. The van der Waals surface area contributed by atoms with Crippen molar-refractivity contribution in [1.82, 2.24) is 119 Å². The number of likely N-dealkylation sites (N-methyl/N-ethyl adjacent to an activating group) is 2. The first-order valence-electron chi connectivity index (χ1n) is 48.2. The fourth-order valence-electron chi connectivity index (χ4n) is 19.9. The van der Waals surface area contributed by atoms with Gasteiger partial charge in [-0.25, -0.2) is 39.9 Å². The molecule has 24 rings (SSSR count). The minimum absolute atomic E-state index is 0.00960. The molecule has 0 fully saturated rings. The average Bonchev–Trinajstić information content (AvgIpc) is 1.46. The minimum atomic E-state index is -0.0419. The Bertz CT molecular complexity index is 7750. The molecule has 18 N–H and O–H groups in total. The van der Waals surface area contributed by atoms with Gasteiger partial charge in [0.15, 0.2) is 23.3 Å². The van der Waals surface area contributed by atoms with E-state index in [9.17, 15) is 19.2 Å². The monoisotopic (exact) mass is 1940 g/mol. The van der Waals surface area contributed by atoms with Crippen LogP contribution in [0.15, 0.2) is 122 Å². The molecular weight excluding hydrogens is 1840 g/mol. The van der Waals surface area contributed by atoms with Crippen LogP contribution in [0.5, 0.6) is 0 Å². The summed E-state index contributed by atoms with van der Waals surface area (Å²) in [5.41, 5.74) is 47.6. The zero-order valence-corrected chi connectivity index (χ0v) is 81.1. The van der Waals surface area contributed by atoms with E-state index in [1.807, 2.05) is 126 Å². The average molecular weight is 1950 g/mol. The number of terminal acetylenes is 4. The molecule has 40 nitrogen and oxygen atoms in total. The van der Waals surface area contributed by atoms with Gasteiger partial charge >= 0.3 is 0 Å². The normalized spacial score (nSPS) is 16.9. The Morgan fingerprint density at radius 1 is 0.315 bits per heavy atom. The van der Waals surface area contributed by atoms with Gasteiger partial charge in [-0.2, -0.15) is 20.4 Å². The lowest BCUT2D eigenvalue weighted by atomic mass is 9.92. The van der Waals surface area contributed by atoms with Crippen molar-refractivity contribution >= 4 is 159 Å². The number of nitrogens with zero attached hydrogens (tertiary/aromatic N) is 22. The summed E-state index contributed by atoms with van der Waals surface area (Å²) in [6.45, 7) is 14.9. The third kappa shape index (κ3) is 18.6. The second-order valence-electron chi connectivity index (χ2n) is 37.2. The fraction of sp³-hybridized carbons (Fsp3) is 0.283. The van der Waals surface area contributed by atoms with Crippen LogP contribution in [0.2, 0.25) is 0 Å². The molecule has 40 heteroatoms. The van der Waals surface area contributed by atoms with Gasteiger partial charge in [-0.15, -0.1) is 25.7 Å². The van der Waals surface area contributed by atoms with Crippen molar-refractivity contribution in [2.24, 2.45) is 0 Å². The summed E-state index contributed by atoms with van der Waals surface area (Å²) in [7, 11) is 3.63. The van der Waals surface area contributed by atoms with Crippen LogP contribution in [0.4, 0.5) is 92.6 Å². The maximum atomic E-state index is 12.2. The first-order valence-corrected chi connectivity index (χ1v) is 48.2. The molecule has 24 heterocycles. The molecule has 0 spiro atoms. The summed E-state index contributed by atoms with van der Waals surface area (Å²) in [4.78, 5) is 107. The Morgan fingerprint density at radius 2 is 0.568 bits per heavy atom. The van der Waals surface area contributed by atoms with E-state index in [0.29, 0.717) is 96.0 Å². The van der Waals surface area contributed by atoms with Crippen LogP contribution < -0.4 is 76.1 Å². The van der Waals surface area contributed by atoms with E-state index in [4.69, 9.17) is 58.6 Å². The molecule has 0 radical (unpaired) electrons. The lowest BCUT2D eigenvalue weighted by Gasteiger charge is -2.25. The molecule has 0 saturated carbocycles. The number of aromatic nitrogens is 20. The smallest absolute Gasteiger partial charge is 0.244 e. The Labute approximate surface area is 838 Å². The fourth-order valence-corrected chi connectivity index (χ4v) is 19.9. The highest BCUT2D eigenvalue weighted by molar-refractivity contribution is 6.00. The molecule has 16 aromatic rings. The van der Waals surface area contributed by atoms with Gasteiger partial charge in [0, 0.05) is 233 Å². The Morgan fingerprint density at radius 3 is 0.829 bits per heavy atom. The van der Waals surface area contributed by atoms with Gasteiger partial charge in [0.25, 0.3) is 0 Å². The molecular formula is C106H104N36O4. The van der Waals surface area contributed by atoms with Crippen molar-refractivity contribution in [2.45, 2.75) is 129 Å². The van der Waals surface area contributed by atoms with E-state index in [1.165, 1.54) is 0 Å².